The second-order valence-corrected chi connectivity index (χ2v) is 16.8. The Labute approximate surface area is 206 Å². The van der Waals surface area contributed by atoms with Gasteiger partial charge in [-0.1, -0.05) is 66.0 Å². The fourth-order valence-electron chi connectivity index (χ4n) is 6.54. The highest BCUT2D eigenvalue weighted by Gasteiger charge is 2.45. The average molecular weight is 499 g/mol. The van der Waals surface area contributed by atoms with E-state index in [4.69, 9.17) is 20.8 Å². The summed E-state index contributed by atoms with van der Waals surface area (Å²) in [4.78, 5) is 2.35. The van der Waals surface area contributed by atoms with Gasteiger partial charge in [0, 0.05) is 36.4 Å². The summed E-state index contributed by atoms with van der Waals surface area (Å²) in [7, 11) is -1.97. The molecule has 1 aliphatic heterocycles. The van der Waals surface area contributed by atoms with Gasteiger partial charge in [-0.25, -0.2) is 4.39 Å². The molecule has 1 aromatic carbocycles. The van der Waals surface area contributed by atoms with E-state index in [1.54, 1.807) is 6.07 Å². The minimum absolute atomic E-state index is 0.137. The molecule has 1 aromatic rings. The van der Waals surface area contributed by atoms with Crippen molar-refractivity contribution in [1.29, 1.82) is 0 Å². The molecule has 0 aromatic heterocycles. The van der Waals surface area contributed by atoms with Crippen LogP contribution in [0, 0.1) is 5.82 Å². The van der Waals surface area contributed by atoms with Gasteiger partial charge in [0.15, 0.2) is 19.9 Å². The zero-order valence-corrected chi connectivity index (χ0v) is 23.3. The number of halogens is 2. The number of nitrogens with one attached hydrogen (secondary N) is 1. The molecule has 1 N–H and O–H groups in total. The van der Waals surface area contributed by atoms with Gasteiger partial charge in [-0.3, -0.25) is 0 Å². The Hall–Kier alpha value is -0.823. The summed E-state index contributed by atoms with van der Waals surface area (Å²) in [5.41, 5.74) is 2.36. The van der Waals surface area contributed by atoms with Crippen LogP contribution in [0.5, 0.6) is 5.75 Å². The van der Waals surface area contributed by atoms with Crippen molar-refractivity contribution in [2.45, 2.75) is 109 Å². The SMILES string of the molecule is CC1CN(c2cc(F)c(OCCO[Si](C(C)C)(C(C)C)C(C)C)c(Cl)c2)C2CCCCC2N1. The highest BCUT2D eigenvalue weighted by Crippen LogP contribution is 2.42. The van der Waals surface area contributed by atoms with E-state index in [1.165, 1.54) is 19.3 Å². The smallest absolute Gasteiger partial charge is 0.200 e. The molecule has 0 amide bonds. The summed E-state index contributed by atoms with van der Waals surface area (Å²) in [6.45, 7) is 17.4. The molecule has 3 rings (SSSR count). The molecule has 1 saturated heterocycles. The molecule has 4 nitrogen and oxygen atoms in total. The van der Waals surface area contributed by atoms with Gasteiger partial charge in [-0.15, -0.1) is 0 Å². The Balaban J connectivity index is 1.68. The molecule has 2 aliphatic rings. The summed E-state index contributed by atoms with van der Waals surface area (Å²) < 4.78 is 27.5. The van der Waals surface area contributed by atoms with Gasteiger partial charge in [0.2, 0.25) is 0 Å². The topological polar surface area (TPSA) is 33.7 Å². The molecule has 3 atom stereocenters. The molecule has 0 radical (unpaired) electrons. The molecule has 1 heterocycles. The maximum absolute atomic E-state index is 15.1. The summed E-state index contributed by atoms with van der Waals surface area (Å²) >= 11 is 6.55. The van der Waals surface area contributed by atoms with Crippen molar-refractivity contribution in [3.8, 4) is 5.75 Å². The molecule has 1 aliphatic carbocycles. The number of hydrogen-bond donors (Lipinski definition) is 1. The van der Waals surface area contributed by atoms with E-state index in [1.807, 2.05) is 6.07 Å². The predicted molar refractivity (Wildman–Crippen MR) is 140 cm³/mol. The van der Waals surface area contributed by atoms with Crippen molar-refractivity contribution in [3.05, 3.63) is 23.0 Å². The lowest BCUT2D eigenvalue weighted by Crippen LogP contribution is -2.62. The minimum Gasteiger partial charge on any atom is -0.487 e. The van der Waals surface area contributed by atoms with E-state index in [0.717, 1.165) is 18.7 Å². The first-order valence-electron chi connectivity index (χ1n) is 12.9. The normalized spacial score (nSPS) is 24.0. The van der Waals surface area contributed by atoms with Crippen LogP contribution in [0.4, 0.5) is 10.1 Å². The van der Waals surface area contributed by atoms with Gasteiger partial charge < -0.3 is 19.4 Å². The molecule has 1 saturated carbocycles. The quantitative estimate of drug-likeness (QED) is 0.289. The second kappa shape index (κ2) is 11.3. The minimum atomic E-state index is -1.97. The molecule has 2 fully saturated rings. The number of anilines is 1. The highest BCUT2D eigenvalue weighted by molar-refractivity contribution is 6.77. The predicted octanol–water partition coefficient (Wildman–Crippen LogP) is 7.16. The number of benzene rings is 1. The van der Waals surface area contributed by atoms with E-state index in [0.29, 0.717) is 53.0 Å². The maximum Gasteiger partial charge on any atom is 0.200 e. The summed E-state index contributed by atoms with van der Waals surface area (Å²) in [6.07, 6.45) is 4.79. The van der Waals surface area contributed by atoms with E-state index >= 15 is 4.39 Å². The van der Waals surface area contributed by atoms with Crippen molar-refractivity contribution < 1.29 is 13.6 Å². The van der Waals surface area contributed by atoms with Crippen molar-refractivity contribution in [3.63, 3.8) is 0 Å². The van der Waals surface area contributed by atoms with Crippen LogP contribution in [0.15, 0.2) is 12.1 Å². The van der Waals surface area contributed by atoms with Crippen LogP contribution < -0.4 is 15.0 Å². The van der Waals surface area contributed by atoms with Crippen LogP contribution in [0.3, 0.4) is 0 Å². The number of nitrogens with zero attached hydrogens (tertiary/aromatic N) is 1. The monoisotopic (exact) mass is 498 g/mol. The summed E-state index contributed by atoms with van der Waals surface area (Å²) in [6, 6.07) is 4.70. The Kier molecular flexibility index (Phi) is 9.15. The van der Waals surface area contributed by atoms with Crippen LogP contribution in [0.1, 0.15) is 74.1 Å². The Morgan fingerprint density at radius 3 is 2.30 bits per heavy atom. The van der Waals surface area contributed by atoms with Gasteiger partial charge in [0.25, 0.3) is 0 Å². The Morgan fingerprint density at radius 2 is 1.70 bits per heavy atom. The first kappa shape index (κ1) is 26.8. The van der Waals surface area contributed by atoms with Crippen molar-refractivity contribution in [1.82, 2.24) is 5.32 Å². The van der Waals surface area contributed by atoms with Crippen LogP contribution in [0.25, 0.3) is 0 Å². The number of ether oxygens (including phenoxy) is 1. The van der Waals surface area contributed by atoms with E-state index in [2.05, 4.69) is 58.7 Å². The maximum atomic E-state index is 15.1. The van der Waals surface area contributed by atoms with Crippen LogP contribution >= 0.6 is 11.6 Å². The number of rotatable bonds is 9. The molecule has 188 valence electrons. The van der Waals surface area contributed by atoms with Crippen molar-refractivity contribution >= 4 is 25.6 Å². The van der Waals surface area contributed by atoms with Gasteiger partial charge in [0.05, 0.1) is 11.6 Å². The van der Waals surface area contributed by atoms with Gasteiger partial charge in [-0.2, -0.15) is 0 Å². The molecular weight excluding hydrogens is 455 g/mol. The number of hydrogen-bond acceptors (Lipinski definition) is 4. The molecule has 3 unspecified atom stereocenters. The zero-order chi connectivity index (χ0) is 24.3. The van der Waals surface area contributed by atoms with Gasteiger partial charge in [-0.05, 0) is 42.5 Å². The summed E-state index contributed by atoms with van der Waals surface area (Å²) in [5.74, 6) is -0.255. The van der Waals surface area contributed by atoms with Crippen LogP contribution in [-0.2, 0) is 4.43 Å². The first-order valence-corrected chi connectivity index (χ1v) is 15.4. The van der Waals surface area contributed by atoms with Gasteiger partial charge in [0.1, 0.15) is 6.61 Å². The van der Waals surface area contributed by atoms with E-state index < -0.39 is 14.1 Å². The molecule has 0 bridgehead atoms. The first-order chi connectivity index (χ1) is 15.6. The fraction of sp³-hybridized carbons (Fsp3) is 0.769. The van der Waals surface area contributed by atoms with Gasteiger partial charge >= 0.3 is 0 Å². The average Bonchev–Trinajstić information content (AvgIpc) is 2.73. The van der Waals surface area contributed by atoms with E-state index in [9.17, 15) is 0 Å². The lowest BCUT2D eigenvalue weighted by molar-refractivity contribution is 0.194. The van der Waals surface area contributed by atoms with Crippen molar-refractivity contribution in [2.24, 2.45) is 0 Å². The van der Waals surface area contributed by atoms with Crippen LogP contribution in [0.2, 0.25) is 21.6 Å². The number of piperazine rings is 1. The second-order valence-electron chi connectivity index (χ2n) is 10.9. The standard InChI is InChI=1S/C26H44ClFN2O2Si/c1-17(2)33(18(3)4,19(5)6)32-13-12-31-26-22(27)14-21(15-23(26)28)30-16-20(7)29-24-10-8-9-11-25(24)30/h14-15,17-20,24-25,29H,8-13,16H2,1-7H3. The third-order valence-electron chi connectivity index (χ3n) is 7.80. The molecule has 33 heavy (non-hydrogen) atoms. The fourth-order valence-corrected chi connectivity index (χ4v) is 12.2. The lowest BCUT2D eigenvalue weighted by Gasteiger charge is -2.48. The Bertz CT molecular complexity index is 747. The third-order valence-corrected chi connectivity index (χ3v) is 14.2. The third kappa shape index (κ3) is 5.71. The zero-order valence-electron chi connectivity index (χ0n) is 21.6. The molecule has 7 heteroatoms. The highest BCUT2D eigenvalue weighted by atomic mass is 35.5. The molecular formula is C26H44ClFN2O2Si. The lowest BCUT2D eigenvalue weighted by atomic mass is 9.86. The summed E-state index contributed by atoms with van der Waals surface area (Å²) in [5, 5.41) is 4.06. The van der Waals surface area contributed by atoms with Crippen molar-refractivity contribution in [2.75, 3.05) is 24.7 Å². The van der Waals surface area contributed by atoms with E-state index in [-0.39, 0.29) is 5.75 Å². The largest absolute Gasteiger partial charge is 0.487 e. The van der Waals surface area contributed by atoms with Crippen LogP contribution in [-0.4, -0.2) is 46.2 Å². The number of fused-ring (bicyclic) bond motifs is 1. The Morgan fingerprint density at radius 1 is 1.06 bits per heavy atom. The molecule has 0 spiro atoms.